The maximum atomic E-state index is 12.9. The molecule has 3 unspecified atom stereocenters. The van der Waals surface area contributed by atoms with Crippen molar-refractivity contribution in [1.29, 1.82) is 0 Å². The van der Waals surface area contributed by atoms with Gasteiger partial charge in [0.25, 0.3) is 0 Å². The van der Waals surface area contributed by atoms with Crippen LogP contribution in [-0.4, -0.2) is 52.6 Å². The molecule has 5 nitrogen and oxygen atoms in total. The molecule has 25 heavy (non-hydrogen) atoms. The van der Waals surface area contributed by atoms with Gasteiger partial charge in [-0.1, -0.05) is 6.42 Å². The topological polar surface area (TPSA) is 67.4 Å². The number of benzene rings is 1. The molecule has 2 N–H and O–H groups in total. The molecule has 1 aromatic rings. The number of morpholine rings is 1. The fraction of sp³-hybridized carbons (Fsp3) is 0.647. The minimum atomic E-state index is -3.38. The lowest BCUT2D eigenvalue weighted by Crippen LogP contribution is -2.51. The third kappa shape index (κ3) is 5.37. The molecule has 3 rings (SSSR count). The third-order valence-corrected chi connectivity index (χ3v) is 6.72. The van der Waals surface area contributed by atoms with Crippen LogP contribution in [0.2, 0.25) is 0 Å². The molecule has 1 aliphatic heterocycles. The van der Waals surface area contributed by atoms with E-state index in [1.165, 1.54) is 24.3 Å². The predicted molar refractivity (Wildman–Crippen MR) is 97.4 cm³/mol. The quantitative estimate of drug-likeness (QED) is 0.722. The van der Waals surface area contributed by atoms with Gasteiger partial charge in [-0.3, -0.25) is 0 Å². The Hall–Kier alpha value is -0.730. The summed E-state index contributed by atoms with van der Waals surface area (Å²) < 4.78 is 43.1. The fourth-order valence-corrected chi connectivity index (χ4v) is 4.90. The van der Waals surface area contributed by atoms with Crippen molar-refractivity contribution in [2.75, 3.05) is 32.1 Å². The van der Waals surface area contributed by atoms with Crippen LogP contribution >= 0.6 is 12.4 Å². The summed E-state index contributed by atoms with van der Waals surface area (Å²) in [4.78, 5) is 0.177. The van der Waals surface area contributed by atoms with Gasteiger partial charge in [0.1, 0.15) is 5.82 Å². The minimum absolute atomic E-state index is 0. The first-order valence-electron chi connectivity index (χ1n) is 8.59. The van der Waals surface area contributed by atoms with E-state index in [1.807, 2.05) is 0 Å². The van der Waals surface area contributed by atoms with Gasteiger partial charge in [-0.15, -0.1) is 12.4 Å². The van der Waals surface area contributed by atoms with Crippen molar-refractivity contribution in [3.8, 4) is 0 Å². The first kappa shape index (κ1) is 20.6. The van der Waals surface area contributed by atoms with Crippen LogP contribution in [0.25, 0.3) is 0 Å². The van der Waals surface area contributed by atoms with Gasteiger partial charge in [0.15, 0.2) is 9.84 Å². The van der Waals surface area contributed by atoms with E-state index in [2.05, 4.69) is 10.6 Å². The molecule has 1 aromatic carbocycles. The second kappa shape index (κ2) is 9.28. The first-order valence-corrected chi connectivity index (χ1v) is 10.2. The largest absolute Gasteiger partial charge is 0.379 e. The van der Waals surface area contributed by atoms with Crippen molar-refractivity contribution in [3.05, 3.63) is 30.1 Å². The zero-order chi connectivity index (χ0) is 17.0. The Morgan fingerprint density at radius 3 is 2.68 bits per heavy atom. The van der Waals surface area contributed by atoms with E-state index in [-0.39, 0.29) is 23.1 Å². The van der Waals surface area contributed by atoms with Crippen molar-refractivity contribution in [1.82, 2.24) is 10.6 Å². The summed E-state index contributed by atoms with van der Waals surface area (Å²) in [5, 5.41) is 6.93. The summed E-state index contributed by atoms with van der Waals surface area (Å²) in [7, 11) is -3.38. The van der Waals surface area contributed by atoms with E-state index < -0.39 is 15.7 Å². The fourth-order valence-electron chi connectivity index (χ4n) is 3.72. The number of hydrogen-bond donors (Lipinski definition) is 2. The summed E-state index contributed by atoms with van der Waals surface area (Å²) in [6.45, 7) is 2.79. The van der Waals surface area contributed by atoms with Crippen LogP contribution < -0.4 is 10.6 Å². The van der Waals surface area contributed by atoms with Crippen LogP contribution in [0.15, 0.2) is 29.2 Å². The number of rotatable bonds is 6. The molecular weight excluding hydrogens is 367 g/mol. The van der Waals surface area contributed by atoms with E-state index in [0.717, 1.165) is 39.0 Å². The van der Waals surface area contributed by atoms with Crippen molar-refractivity contribution in [3.63, 3.8) is 0 Å². The van der Waals surface area contributed by atoms with Gasteiger partial charge in [0, 0.05) is 25.2 Å². The van der Waals surface area contributed by atoms with Gasteiger partial charge in [0.05, 0.1) is 23.9 Å². The highest BCUT2D eigenvalue weighted by Gasteiger charge is 2.34. The van der Waals surface area contributed by atoms with Gasteiger partial charge in [-0.25, -0.2) is 12.8 Å². The average Bonchev–Trinajstić information content (AvgIpc) is 3.04. The Bertz CT molecular complexity index is 636. The molecule has 1 heterocycles. The van der Waals surface area contributed by atoms with Crippen molar-refractivity contribution in [2.45, 2.75) is 36.2 Å². The molecule has 0 amide bonds. The molecule has 1 aliphatic carbocycles. The smallest absolute Gasteiger partial charge is 0.179 e. The molecule has 0 radical (unpaired) electrons. The van der Waals surface area contributed by atoms with Crippen LogP contribution in [0.1, 0.15) is 19.3 Å². The third-order valence-electron chi connectivity index (χ3n) is 4.99. The molecule has 0 aromatic heterocycles. The number of ether oxygens (including phenoxy) is 1. The standard InChI is InChI=1S/C17H25FN2O3S.ClH/c18-13-4-6-14(7-5-13)24(21,22)11-9-20-16-3-1-2-15(16)17-12-23-10-8-19-17;/h4-7,15-17,19-20H,1-3,8-12H2;1H. The van der Waals surface area contributed by atoms with Gasteiger partial charge < -0.3 is 15.4 Å². The molecule has 2 fully saturated rings. The first-order chi connectivity index (χ1) is 11.6. The monoisotopic (exact) mass is 392 g/mol. The lowest BCUT2D eigenvalue weighted by molar-refractivity contribution is 0.0527. The normalized spacial score (nSPS) is 27.0. The van der Waals surface area contributed by atoms with E-state index in [4.69, 9.17) is 4.74 Å². The van der Waals surface area contributed by atoms with Gasteiger partial charge in [-0.05, 0) is 43.0 Å². The maximum absolute atomic E-state index is 12.9. The van der Waals surface area contributed by atoms with Crippen molar-refractivity contribution in [2.24, 2.45) is 5.92 Å². The zero-order valence-corrected chi connectivity index (χ0v) is 15.8. The molecule has 8 heteroatoms. The second-order valence-electron chi connectivity index (χ2n) is 6.56. The molecule has 1 saturated carbocycles. The molecule has 142 valence electrons. The Kier molecular flexibility index (Phi) is 7.64. The molecule has 0 spiro atoms. The molecular formula is C17H26ClFN2O3S. The van der Waals surface area contributed by atoms with Crippen LogP contribution in [0, 0.1) is 11.7 Å². The van der Waals surface area contributed by atoms with Crippen LogP contribution in [0.5, 0.6) is 0 Å². The van der Waals surface area contributed by atoms with Gasteiger partial charge in [0.2, 0.25) is 0 Å². The highest BCUT2D eigenvalue weighted by atomic mass is 35.5. The van der Waals surface area contributed by atoms with Crippen LogP contribution in [0.4, 0.5) is 4.39 Å². The number of sulfone groups is 1. The van der Waals surface area contributed by atoms with E-state index in [0.29, 0.717) is 24.5 Å². The van der Waals surface area contributed by atoms with Crippen molar-refractivity contribution < 1.29 is 17.5 Å². The predicted octanol–water partition coefficient (Wildman–Crippen LogP) is 1.77. The van der Waals surface area contributed by atoms with Gasteiger partial charge >= 0.3 is 0 Å². The Balaban J connectivity index is 0.00000225. The van der Waals surface area contributed by atoms with E-state index in [1.54, 1.807) is 0 Å². The summed E-state index contributed by atoms with van der Waals surface area (Å²) in [6.07, 6.45) is 3.37. The van der Waals surface area contributed by atoms with Crippen LogP contribution in [0.3, 0.4) is 0 Å². The van der Waals surface area contributed by atoms with E-state index in [9.17, 15) is 12.8 Å². The highest BCUT2D eigenvalue weighted by Crippen LogP contribution is 2.29. The number of halogens is 2. The summed E-state index contributed by atoms with van der Waals surface area (Å²) >= 11 is 0. The lowest BCUT2D eigenvalue weighted by atomic mass is 9.94. The zero-order valence-electron chi connectivity index (χ0n) is 14.1. The molecule has 1 saturated heterocycles. The van der Waals surface area contributed by atoms with Gasteiger partial charge in [-0.2, -0.15) is 0 Å². The Morgan fingerprint density at radius 2 is 2.00 bits per heavy atom. The lowest BCUT2D eigenvalue weighted by Gasteiger charge is -2.33. The maximum Gasteiger partial charge on any atom is 0.179 e. The Morgan fingerprint density at radius 1 is 1.24 bits per heavy atom. The van der Waals surface area contributed by atoms with Crippen molar-refractivity contribution >= 4 is 22.2 Å². The average molecular weight is 393 g/mol. The summed E-state index contributed by atoms with van der Waals surface area (Å²) in [6, 6.07) is 5.70. The SMILES string of the molecule is Cl.O=S(=O)(CCNC1CCCC1C1COCCN1)c1ccc(F)cc1. The second-order valence-corrected chi connectivity index (χ2v) is 8.67. The van der Waals surface area contributed by atoms with Crippen LogP contribution in [-0.2, 0) is 14.6 Å². The highest BCUT2D eigenvalue weighted by molar-refractivity contribution is 7.91. The summed E-state index contributed by atoms with van der Waals surface area (Å²) in [5.41, 5.74) is 0. The molecule has 3 atom stereocenters. The Labute approximate surface area is 155 Å². The molecule has 0 bridgehead atoms. The molecule has 2 aliphatic rings. The van der Waals surface area contributed by atoms with E-state index >= 15 is 0 Å². The minimum Gasteiger partial charge on any atom is -0.379 e. The number of hydrogen-bond acceptors (Lipinski definition) is 5. The number of nitrogens with one attached hydrogen (secondary N) is 2. The summed E-state index contributed by atoms with van der Waals surface area (Å²) in [5.74, 6) is 0.0816.